The van der Waals surface area contributed by atoms with Crippen LogP contribution in [-0.4, -0.2) is 53.4 Å². The van der Waals surface area contributed by atoms with Crippen LogP contribution in [0.15, 0.2) is 11.9 Å². The molecule has 9 nitrogen and oxygen atoms in total. The maximum Gasteiger partial charge on any atom is 0.408 e. The lowest BCUT2D eigenvalue weighted by atomic mass is 9.94. The molecule has 0 spiro atoms. The van der Waals surface area contributed by atoms with E-state index in [4.69, 9.17) is 11.6 Å². The highest BCUT2D eigenvalue weighted by Gasteiger charge is 2.48. The van der Waals surface area contributed by atoms with Crippen molar-refractivity contribution in [3.63, 3.8) is 0 Å². The average molecular weight is 340 g/mol. The highest BCUT2D eigenvalue weighted by atomic mass is 16.5. The van der Waals surface area contributed by atoms with Crippen molar-refractivity contribution < 1.29 is 14.3 Å². The number of nitrogens with two attached hydrogens (primary N) is 2. The van der Waals surface area contributed by atoms with Gasteiger partial charge in [-0.05, 0) is 25.7 Å². The number of hydrogen-bond donors (Lipinski definition) is 4. The second-order valence-corrected chi connectivity index (χ2v) is 6.65. The van der Waals surface area contributed by atoms with Gasteiger partial charge in [0.05, 0.1) is 13.2 Å². The van der Waals surface area contributed by atoms with Crippen molar-refractivity contribution in [2.45, 2.75) is 51.5 Å². The van der Waals surface area contributed by atoms with Crippen molar-refractivity contribution in [2.75, 3.05) is 13.7 Å². The summed E-state index contributed by atoms with van der Waals surface area (Å²) in [6.07, 6.45) is 2.56. The minimum Gasteiger partial charge on any atom is -0.453 e. The highest BCUT2D eigenvalue weighted by molar-refractivity contribution is 5.90. The molecule has 1 fully saturated rings. The Morgan fingerprint density at radius 3 is 2.67 bits per heavy atom. The van der Waals surface area contributed by atoms with Crippen molar-refractivity contribution in [1.82, 2.24) is 20.5 Å². The maximum atomic E-state index is 13.1. The molecule has 0 aliphatic carbocycles. The molecule has 0 saturated carbocycles. The smallest absolute Gasteiger partial charge is 0.408 e. The SMILES string of the molecule is COC(=O)N[C@](N)(C(=O)N1CCC[C@H]1C1NC=C(C)N1N)C(C)C. The minimum atomic E-state index is -1.53. The normalized spacial score (nSPS) is 26.0. The van der Waals surface area contributed by atoms with E-state index in [1.165, 1.54) is 7.11 Å². The highest BCUT2D eigenvalue weighted by Crippen LogP contribution is 2.28. The molecule has 24 heavy (non-hydrogen) atoms. The van der Waals surface area contributed by atoms with Gasteiger partial charge in [0.2, 0.25) is 0 Å². The van der Waals surface area contributed by atoms with Crippen molar-refractivity contribution in [2.24, 2.45) is 17.5 Å². The van der Waals surface area contributed by atoms with Crippen molar-refractivity contribution in [3.8, 4) is 0 Å². The van der Waals surface area contributed by atoms with Crippen LogP contribution < -0.4 is 22.2 Å². The first kappa shape index (κ1) is 18.3. The molecular formula is C15H28N6O3. The number of likely N-dealkylation sites (tertiary alicyclic amines) is 1. The van der Waals surface area contributed by atoms with Gasteiger partial charge in [0.1, 0.15) is 6.17 Å². The molecule has 0 aromatic rings. The van der Waals surface area contributed by atoms with Crippen LogP contribution in [-0.2, 0) is 9.53 Å². The molecule has 0 aromatic heterocycles. The molecule has 9 heteroatoms. The second kappa shape index (κ2) is 6.86. The molecule has 6 N–H and O–H groups in total. The Morgan fingerprint density at radius 2 is 2.17 bits per heavy atom. The number of ether oxygens (including phenoxy) is 1. The molecule has 136 valence electrons. The lowest BCUT2D eigenvalue weighted by Crippen LogP contribution is -2.70. The summed E-state index contributed by atoms with van der Waals surface area (Å²) in [6, 6.07) is -0.127. The fraction of sp³-hybridized carbons (Fsp3) is 0.733. The van der Waals surface area contributed by atoms with Gasteiger partial charge in [-0.3, -0.25) is 15.1 Å². The molecule has 0 aromatic carbocycles. The van der Waals surface area contributed by atoms with Gasteiger partial charge in [0.15, 0.2) is 5.66 Å². The third-order valence-electron chi connectivity index (χ3n) is 4.85. The molecule has 1 unspecified atom stereocenters. The second-order valence-electron chi connectivity index (χ2n) is 6.65. The van der Waals surface area contributed by atoms with E-state index in [0.29, 0.717) is 6.54 Å². The fourth-order valence-electron chi connectivity index (χ4n) is 3.15. The summed E-state index contributed by atoms with van der Waals surface area (Å²) in [5.41, 5.74) is 5.65. The molecule has 2 heterocycles. The zero-order valence-electron chi connectivity index (χ0n) is 14.7. The molecular weight excluding hydrogens is 312 g/mol. The average Bonchev–Trinajstić information content (AvgIpc) is 3.13. The number of allylic oxidation sites excluding steroid dienone is 1. The van der Waals surface area contributed by atoms with Crippen molar-refractivity contribution in [3.05, 3.63) is 11.9 Å². The number of nitrogens with one attached hydrogen (secondary N) is 2. The molecule has 2 amide bonds. The quantitative estimate of drug-likeness (QED) is 0.405. The number of carbonyl (C=O) groups excluding carboxylic acids is 2. The minimum absolute atomic E-state index is 0.127. The summed E-state index contributed by atoms with van der Waals surface area (Å²) in [4.78, 5) is 26.5. The van der Waals surface area contributed by atoms with E-state index in [9.17, 15) is 9.59 Å². The number of hydrogen-bond acceptors (Lipinski definition) is 7. The van der Waals surface area contributed by atoms with Gasteiger partial charge >= 0.3 is 6.09 Å². The zero-order valence-corrected chi connectivity index (χ0v) is 14.7. The molecule has 3 atom stereocenters. The Morgan fingerprint density at radius 1 is 1.50 bits per heavy atom. The van der Waals surface area contributed by atoms with Crippen molar-refractivity contribution in [1.29, 1.82) is 0 Å². The molecule has 2 rings (SSSR count). The summed E-state index contributed by atoms with van der Waals surface area (Å²) in [6.45, 7) is 6.04. The topological polar surface area (TPSA) is 126 Å². The van der Waals surface area contributed by atoms with Crippen LogP contribution in [0.25, 0.3) is 0 Å². The van der Waals surface area contributed by atoms with Crippen LogP contribution >= 0.6 is 0 Å². The molecule has 1 saturated heterocycles. The standard InChI is InChI=1S/C15H28N6O3/c1-9(2)15(16,19-14(23)24-4)13(22)20-7-5-6-11(20)12-18-8-10(3)21(12)17/h8-9,11-12,18H,5-7,16-17H2,1-4H3,(H,19,23)/t11-,12?,15-/m0/s1. The summed E-state index contributed by atoms with van der Waals surface area (Å²) >= 11 is 0. The third kappa shape index (κ3) is 3.13. The number of hydrazine groups is 1. The zero-order chi connectivity index (χ0) is 18.1. The predicted octanol–water partition coefficient (Wildman–Crippen LogP) is -0.389. The van der Waals surface area contributed by atoms with E-state index in [1.54, 1.807) is 23.8 Å². The number of methoxy groups -OCH3 is 1. The van der Waals surface area contributed by atoms with Gasteiger partial charge in [-0.1, -0.05) is 13.8 Å². The van der Waals surface area contributed by atoms with Crippen LogP contribution in [0.3, 0.4) is 0 Å². The number of nitrogens with zero attached hydrogens (tertiary/aromatic N) is 2. The summed E-state index contributed by atoms with van der Waals surface area (Å²) in [5.74, 6) is 5.44. The van der Waals surface area contributed by atoms with E-state index in [2.05, 4.69) is 15.4 Å². The van der Waals surface area contributed by atoms with Crippen LogP contribution in [0.1, 0.15) is 33.6 Å². The first-order chi connectivity index (χ1) is 11.2. The molecule has 2 aliphatic rings. The summed E-state index contributed by atoms with van der Waals surface area (Å²) in [5, 5.41) is 7.33. The van der Waals surface area contributed by atoms with E-state index >= 15 is 0 Å². The van der Waals surface area contributed by atoms with E-state index in [0.717, 1.165) is 18.5 Å². The van der Waals surface area contributed by atoms with Crippen LogP contribution in [0, 0.1) is 5.92 Å². The van der Waals surface area contributed by atoms with Crippen LogP contribution in [0.2, 0.25) is 0 Å². The van der Waals surface area contributed by atoms with Gasteiger partial charge in [-0.2, -0.15) is 0 Å². The Labute approximate surface area is 142 Å². The summed E-state index contributed by atoms with van der Waals surface area (Å²) < 4.78 is 4.62. The van der Waals surface area contributed by atoms with Gasteiger partial charge in [-0.25, -0.2) is 10.6 Å². The number of carbonyl (C=O) groups is 2. The van der Waals surface area contributed by atoms with Gasteiger partial charge < -0.3 is 20.7 Å². The lowest BCUT2D eigenvalue weighted by Gasteiger charge is -2.40. The maximum absolute atomic E-state index is 13.1. The molecule has 0 radical (unpaired) electrons. The number of alkyl carbamates (subject to hydrolysis) is 1. The van der Waals surface area contributed by atoms with E-state index < -0.39 is 11.8 Å². The third-order valence-corrected chi connectivity index (χ3v) is 4.85. The number of amides is 2. The van der Waals surface area contributed by atoms with Crippen LogP contribution in [0.5, 0.6) is 0 Å². The lowest BCUT2D eigenvalue weighted by molar-refractivity contribution is -0.142. The Hall–Kier alpha value is -2.00. The number of rotatable bonds is 4. The molecule has 0 bridgehead atoms. The van der Waals surface area contributed by atoms with Gasteiger partial charge in [0, 0.05) is 18.4 Å². The summed E-state index contributed by atoms with van der Waals surface area (Å²) in [7, 11) is 1.24. The molecule has 2 aliphatic heterocycles. The first-order valence-electron chi connectivity index (χ1n) is 8.15. The van der Waals surface area contributed by atoms with Gasteiger partial charge in [0.25, 0.3) is 5.91 Å². The Kier molecular flexibility index (Phi) is 5.24. The van der Waals surface area contributed by atoms with Crippen molar-refractivity contribution >= 4 is 12.0 Å². The van der Waals surface area contributed by atoms with Crippen LogP contribution in [0.4, 0.5) is 4.79 Å². The Bertz CT molecular complexity index is 537. The monoisotopic (exact) mass is 340 g/mol. The van der Waals surface area contributed by atoms with Gasteiger partial charge in [-0.15, -0.1) is 0 Å². The van der Waals surface area contributed by atoms with E-state index in [1.807, 2.05) is 13.1 Å². The van der Waals surface area contributed by atoms with E-state index in [-0.39, 0.29) is 24.0 Å². The first-order valence-corrected chi connectivity index (χ1v) is 8.15. The largest absolute Gasteiger partial charge is 0.453 e. The predicted molar refractivity (Wildman–Crippen MR) is 88.7 cm³/mol. The fourth-order valence-corrected chi connectivity index (χ4v) is 3.15. The Balaban J connectivity index is 2.21.